The first-order valence-electron chi connectivity index (χ1n) is 8.74. The van der Waals surface area contributed by atoms with Crippen LogP contribution in [0.2, 0.25) is 0 Å². The third kappa shape index (κ3) is 4.22. The molecule has 2 aromatic rings. The minimum absolute atomic E-state index is 0. The number of carbonyl (C=O) groups excluding carboxylic acids is 1. The summed E-state index contributed by atoms with van der Waals surface area (Å²) in [4.78, 5) is 14.9. The van der Waals surface area contributed by atoms with Crippen LogP contribution in [0.3, 0.4) is 0 Å². The fourth-order valence-corrected chi connectivity index (χ4v) is 3.79. The second-order valence-electron chi connectivity index (χ2n) is 6.74. The van der Waals surface area contributed by atoms with E-state index in [0.29, 0.717) is 42.0 Å². The zero-order valence-electron chi connectivity index (χ0n) is 14.5. The third-order valence-electron chi connectivity index (χ3n) is 5.03. The summed E-state index contributed by atoms with van der Waals surface area (Å²) in [5.41, 5.74) is 1.53. The molecule has 0 spiro atoms. The molecule has 0 saturated carbocycles. The van der Waals surface area contributed by atoms with E-state index < -0.39 is 6.61 Å². The van der Waals surface area contributed by atoms with Crippen LogP contribution < -0.4 is 10.1 Å². The van der Waals surface area contributed by atoms with Gasteiger partial charge in [-0.3, -0.25) is 9.89 Å². The topological polar surface area (TPSA) is 70.2 Å². The number of fused-ring (bicyclic) bond motifs is 2. The van der Waals surface area contributed by atoms with Gasteiger partial charge >= 0.3 is 6.61 Å². The molecular weight excluding hydrogens is 378 g/mol. The average Bonchev–Trinajstić information content (AvgIpc) is 3.20. The third-order valence-corrected chi connectivity index (χ3v) is 5.03. The smallest absolute Gasteiger partial charge is 0.387 e. The van der Waals surface area contributed by atoms with E-state index in [2.05, 4.69) is 20.3 Å². The van der Waals surface area contributed by atoms with Crippen molar-refractivity contribution in [2.75, 3.05) is 13.1 Å². The highest BCUT2D eigenvalue weighted by Gasteiger charge is 2.32. The molecule has 2 atom stereocenters. The predicted molar refractivity (Wildman–Crippen MR) is 98.4 cm³/mol. The van der Waals surface area contributed by atoms with E-state index in [4.69, 9.17) is 0 Å². The van der Waals surface area contributed by atoms with Gasteiger partial charge < -0.3 is 15.0 Å². The molecule has 2 N–H and O–H groups in total. The van der Waals surface area contributed by atoms with Crippen LogP contribution in [0.4, 0.5) is 8.78 Å². The molecule has 2 fully saturated rings. The van der Waals surface area contributed by atoms with Crippen molar-refractivity contribution >= 4 is 18.3 Å². The summed E-state index contributed by atoms with van der Waals surface area (Å²) in [5, 5.41) is 10.4. The molecule has 2 aliphatic rings. The number of aromatic amines is 1. The van der Waals surface area contributed by atoms with Crippen molar-refractivity contribution < 1.29 is 18.3 Å². The Morgan fingerprint density at radius 1 is 1.26 bits per heavy atom. The first kappa shape index (κ1) is 19.6. The van der Waals surface area contributed by atoms with Gasteiger partial charge in [0, 0.05) is 30.7 Å². The number of benzene rings is 1. The summed E-state index contributed by atoms with van der Waals surface area (Å²) >= 11 is 0. The number of carbonyl (C=O) groups is 1. The van der Waals surface area contributed by atoms with Crippen molar-refractivity contribution in [2.24, 2.45) is 0 Å². The highest BCUT2D eigenvalue weighted by Crippen LogP contribution is 2.28. The minimum atomic E-state index is -2.90. The molecule has 1 aromatic carbocycles. The number of hydrogen-bond acceptors (Lipinski definition) is 4. The number of amides is 1. The van der Waals surface area contributed by atoms with Crippen LogP contribution in [0.1, 0.15) is 29.6 Å². The number of aromatic nitrogens is 2. The highest BCUT2D eigenvalue weighted by molar-refractivity contribution is 5.99. The maximum Gasteiger partial charge on any atom is 0.387 e. The molecule has 2 bridgehead atoms. The van der Waals surface area contributed by atoms with E-state index in [0.717, 1.165) is 12.8 Å². The van der Waals surface area contributed by atoms with Crippen LogP contribution in [0, 0.1) is 0 Å². The number of hydrogen-bond donors (Lipinski definition) is 2. The molecule has 2 aliphatic heterocycles. The molecule has 1 aromatic heterocycles. The molecule has 4 rings (SSSR count). The molecule has 1 amide bonds. The van der Waals surface area contributed by atoms with E-state index in [-0.39, 0.29) is 24.1 Å². The summed E-state index contributed by atoms with van der Waals surface area (Å²) in [6.07, 6.45) is 4.68. The average molecular weight is 399 g/mol. The van der Waals surface area contributed by atoms with Crippen LogP contribution in [-0.2, 0) is 0 Å². The molecule has 146 valence electrons. The van der Waals surface area contributed by atoms with Crippen molar-refractivity contribution in [3.63, 3.8) is 0 Å². The van der Waals surface area contributed by atoms with Gasteiger partial charge in [-0.1, -0.05) is 12.1 Å². The van der Waals surface area contributed by atoms with Crippen LogP contribution in [0.5, 0.6) is 5.75 Å². The summed E-state index contributed by atoms with van der Waals surface area (Å²) in [6, 6.07) is 7.09. The van der Waals surface area contributed by atoms with Gasteiger partial charge in [0.2, 0.25) is 0 Å². The summed E-state index contributed by atoms with van der Waals surface area (Å²) < 4.78 is 29.3. The van der Waals surface area contributed by atoms with E-state index in [9.17, 15) is 13.6 Å². The van der Waals surface area contributed by atoms with Gasteiger partial charge in [-0.15, -0.1) is 12.4 Å². The Labute approximate surface area is 161 Å². The van der Waals surface area contributed by atoms with Crippen LogP contribution in [-0.4, -0.2) is 52.8 Å². The van der Waals surface area contributed by atoms with Crippen LogP contribution in [0.15, 0.2) is 30.5 Å². The quantitative estimate of drug-likeness (QED) is 0.830. The Bertz CT molecular complexity index is 801. The molecule has 2 saturated heterocycles. The number of H-pyrrole nitrogens is 1. The maximum atomic E-state index is 13.0. The first-order valence-corrected chi connectivity index (χ1v) is 8.74. The maximum absolute atomic E-state index is 13.0. The monoisotopic (exact) mass is 398 g/mol. The van der Waals surface area contributed by atoms with Crippen molar-refractivity contribution in [3.05, 3.63) is 36.0 Å². The van der Waals surface area contributed by atoms with Gasteiger partial charge in [-0.25, -0.2) is 0 Å². The second-order valence-corrected chi connectivity index (χ2v) is 6.74. The molecule has 0 radical (unpaired) electrons. The van der Waals surface area contributed by atoms with Crippen molar-refractivity contribution in [3.8, 4) is 17.0 Å². The number of nitrogens with zero attached hydrogens (tertiary/aromatic N) is 2. The van der Waals surface area contributed by atoms with E-state index >= 15 is 0 Å². The number of alkyl halides is 2. The summed E-state index contributed by atoms with van der Waals surface area (Å²) in [5.74, 6) is -0.0509. The molecule has 9 heteroatoms. The fraction of sp³-hybridized carbons (Fsp3) is 0.444. The molecule has 0 aliphatic carbocycles. The van der Waals surface area contributed by atoms with Gasteiger partial charge in [-0.05, 0) is 31.4 Å². The Morgan fingerprint density at radius 2 is 2.07 bits per heavy atom. The highest BCUT2D eigenvalue weighted by atomic mass is 35.5. The summed E-state index contributed by atoms with van der Waals surface area (Å²) in [7, 11) is 0. The Kier molecular flexibility index (Phi) is 5.96. The number of likely N-dealkylation sites (tertiary alicyclic amines) is 1. The standard InChI is InChI=1S/C18H20F2N4O2.ClH/c19-18(20)26-14-3-1-2-11(8-14)16-15(9-21-23-16)17(25)24-7-6-12-4-5-13(10-24)22-12;/h1-3,8-9,12-13,18,22H,4-7,10H2,(H,21,23);1H. The second kappa shape index (κ2) is 8.22. The lowest BCUT2D eigenvalue weighted by molar-refractivity contribution is -0.0498. The minimum Gasteiger partial charge on any atom is -0.435 e. The molecule has 3 heterocycles. The van der Waals surface area contributed by atoms with E-state index in [1.54, 1.807) is 12.1 Å². The van der Waals surface area contributed by atoms with Gasteiger partial charge in [-0.2, -0.15) is 13.9 Å². The fourth-order valence-electron chi connectivity index (χ4n) is 3.79. The molecular formula is C18H21ClF2N4O2. The Morgan fingerprint density at radius 3 is 2.89 bits per heavy atom. The van der Waals surface area contributed by atoms with Gasteiger partial charge in [0.15, 0.2) is 0 Å². The SMILES string of the molecule is Cl.O=C(c1cn[nH]c1-c1cccc(OC(F)F)c1)N1CCC2CCC(C1)N2. The van der Waals surface area contributed by atoms with Crippen LogP contribution in [0.25, 0.3) is 11.3 Å². The number of rotatable bonds is 4. The number of ether oxygens (including phenoxy) is 1. The van der Waals surface area contributed by atoms with Crippen molar-refractivity contribution in [1.82, 2.24) is 20.4 Å². The lowest BCUT2D eigenvalue weighted by atomic mass is 10.0. The van der Waals surface area contributed by atoms with Crippen LogP contribution >= 0.6 is 12.4 Å². The van der Waals surface area contributed by atoms with E-state index in [1.807, 2.05) is 4.90 Å². The number of nitrogens with one attached hydrogen (secondary N) is 2. The van der Waals surface area contributed by atoms with Gasteiger partial charge in [0.1, 0.15) is 5.75 Å². The molecule has 2 unspecified atom stereocenters. The zero-order chi connectivity index (χ0) is 18.1. The summed E-state index contributed by atoms with van der Waals surface area (Å²) in [6.45, 7) is -1.52. The zero-order valence-corrected chi connectivity index (χ0v) is 15.3. The van der Waals surface area contributed by atoms with E-state index in [1.165, 1.54) is 24.8 Å². The Balaban J connectivity index is 0.00000210. The van der Waals surface area contributed by atoms with Crippen molar-refractivity contribution in [1.29, 1.82) is 0 Å². The number of halogens is 3. The normalized spacial score (nSPS) is 21.7. The Hall–Kier alpha value is -2.19. The van der Waals surface area contributed by atoms with Crippen molar-refractivity contribution in [2.45, 2.75) is 38.0 Å². The lowest BCUT2D eigenvalue weighted by Crippen LogP contribution is -2.39. The predicted octanol–water partition coefficient (Wildman–Crippen LogP) is 3.07. The lowest BCUT2D eigenvalue weighted by Gasteiger charge is -2.24. The first-order chi connectivity index (χ1) is 12.6. The molecule has 6 nitrogen and oxygen atoms in total. The molecule has 27 heavy (non-hydrogen) atoms. The van der Waals surface area contributed by atoms with Gasteiger partial charge in [0.05, 0.1) is 17.5 Å². The largest absolute Gasteiger partial charge is 0.435 e. The van der Waals surface area contributed by atoms with Gasteiger partial charge in [0.25, 0.3) is 5.91 Å².